The standard InChI is InChI=1S/C70H60N2/c1-51(2)57-27-19-53(20-28-57)15-17-55-23-39-65(40-24-55)71(67-43-31-61(32-44-67)59-11-7-5-8-12-59)69-47-35-63(36-48-69)64-37-49-70(50-38-64)72(68-45-33-62(34-46-68)60-13-9-6-10-14-60)66-41-25-56(26-42-66)18-16-54-21-29-58(30-22-54)52(3)4/h5-52H,1-4H3. The van der Waals surface area contributed by atoms with E-state index in [2.05, 4.69) is 317 Å². The zero-order valence-corrected chi connectivity index (χ0v) is 41.6. The Morgan fingerprint density at radius 3 is 0.639 bits per heavy atom. The predicted molar refractivity (Wildman–Crippen MR) is 311 cm³/mol. The molecule has 0 N–H and O–H groups in total. The molecule has 10 aromatic rings. The van der Waals surface area contributed by atoms with Crippen LogP contribution in [-0.2, 0) is 0 Å². The van der Waals surface area contributed by atoms with Crippen molar-refractivity contribution in [2.45, 2.75) is 39.5 Å². The summed E-state index contributed by atoms with van der Waals surface area (Å²) in [6.45, 7) is 8.93. The van der Waals surface area contributed by atoms with Gasteiger partial charge in [0.05, 0.1) is 0 Å². The van der Waals surface area contributed by atoms with Crippen LogP contribution in [0.15, 0.2) is 255 Å². The molecule has 10 aromatic carbocycles. The molecular formula is C70H60N2. The van der Waals surface area contributed by atoms with Crippen molar-refractivity contribution in [3.8, 4) is 33.4 Å². The molecule has 2 nitrogen and oxygen atoms in total. The molecule has 0 radical (unpaired) electrons. The average Bonchev–Trinajstić information content (AvgIpc) is 3.44. The van der Waals surface area contributed by atoms with Crippen LogP contribution in [0.25, 0.3) is 57.7 Å². The summed E-state index contributed by atoms with van der Waals surface area (Å²) in [5.74, 6) is 1.04. The van der Waals surface area contributed by atoms with Gasteiger partial charge in [0.2, 0.25) is 0 Å². The number of benzene rings is 10. The van der Waals surface area contributed by atoms with E-state index in [1.807, 2.05) is 0 Å². The monoisotopic (exact) mass is 928 g/mol. The molecule has 0 amide bonds. The molecule has 0 fully saturated rings. The molecule has 0 saturated heterocycles. The lowest BCUT2D eigenvalue weighted by Gasteiger charge is -2.26. The zero-order chi connectivity index (χ0) is 49.2. The molecule has 0 aliphatic carbocycles. The van der Waals surface area contributed by atoms with Gasteiger partial charge in [-0.25, -0.2) is 0 Å². The molecular weight excluding hydrogens is 869 g/mol. The first-order valence-corrected chi connectivity index (χ1v) is 25.2. The Morgan fingerprint density at radius 2 is 0.417 bits per heavy atom. The molecule has 72 heavy (non-hydrogen) atoms. The van der Waals surface area contributed by atoms with Gasteiger partial charge in [0.15, 0.2) is 0 Å². The third-order valence-electron chi connectivity index (χ3n) is 13.5. The second kappa shape index (κ2) is 21.9. The molecule has 0 spiro atoms. The zero-order valence-electron chi connectivity index (χ0n) is 41.6. The first-order valence-electron chi connectivity index (χ1n) is 25.2. The number of hydrogen-bond donors (Lipinski definition) is 0. The Kier molecular flexibility index (Phi) is 14.3. The van der Waals surface area contributed by atoms with Crippen LogP contribution in [0.5, 0.6) is 0 Å². The Hall–Kier alpha value is -8.72. The number of rotatable bonds is 15. The molecule has 350 valence electrons. The van der Waals surface area contributed by atoms with Crippen LogP contribution in [0.4, 0.5) is 34.1 Å². The van der Waals surface area contributed by atoms with Crippen molar-refractivity contribution in [1.82, 2.24) is 0 Å². The first-order chi connectivity index (χ1) is 35.3. The highest BCUT2D eigenvalue weighted by Crippen LogP contribution is 2.40. The molecule has 0 unspecified atom stereocenters. The summed E-state index contributed by atoms with van der Waals surface area (Å²) in [5.41, 5.74) is 21.1. The van der Waals surface area contributed by atoms with Crippen molar-refractivity contribution in [2.75, 3.05) is 9.80 Å². The van der Waals surface area contributed by atoms with Crippen LogP contribution in [0, 0.1) is 0 Å². The van der Waals surface area contributed by atoms with Gasteiger partial charge in [-0.05, 0) is 151 Å². The first kappa shape index (κ1) is 47.0. The number of nitrogens with zero attached hydrogens (tertiary/aromatic N) is 2. The van der Waals surface area contributed by atoms with Crippen LogP contribution in [0.1, 0.15) is 72.9 Å². The fourth-order valence-corrected chi connectivity index (χ4v) is 9.21. The lowest BCUT2D eigenvalue weighted by molar-refractivity contribution is 0.866. The maximum Gasteiger partial charge on any atom is 0.0462 e. The Bertz CT molecular complexity index is 3120. The predicted octanol–water partition coefficient (Wildman–Crippen LogP) is 20.2. The average molecular weight is 929 g/mol. The molecule has 0 saturated carbocycles. The summed E-state index contributed by atoms with van der Waals surface area (Å²) in [6, 6.07) is 92.2. The van der Waals surface area contributed by atoms with Crippen molar-refractivity contribution in [3.63, 3.8) is 0 Å². The minimum atomic E-state index is 0.520. The fraction of sp³-hybridized carbons (Fsp3) is 0.0857. The topological polar surface area (TPSA) is 6.48 Å². The summed E-state index contributed by atoms with van der Waals surface area (Å²) in [6.07, 6.45) is 8.76. The molecule has 10 rings (SSSR count). The molecule has 0 heterocycles. The van der Waals surface area contributed by atoms with E-state index in [4.69, 9.17) is 0 Å². The van der Waals surface area contributed by atoms with Gasteiger partial charge in [-0.1, -0.05) is 234 Å². The summed E-state index contributed by atoms with van der Waals surface area (Å²) >= 11 is 0. The van der Waals surface area contributed by atoms with Crippen LogP contribution in [0.3, 0.4) is 0 Å². The van der Waals surface area contributed by atoms with Crippen molar-refractivity contribution in [3.05, 3.63) is 288 Å². The number of anilines is 6. The van der Waals surface area contributed by atoms with E-state index in [1.165, 1.54) is 44.5 Å². The Labute approximate surface area is 427 Å². The van der Waals surface area contributed by atoms with E-state index in [0.717, 1.165) is 56.4 Å². The SMILES string of the molecule is CC(C)c1ccc(C=Cc2ccc(N(c3ccc(-c4ccccc4)cc3)c3ccc(-c4ccc(N(c5ccc(C=Cc6ccc(C(C)C)cc6)cc5)c5ccc(-c6ccccc6)cc5)cc4)cc3)cc2)cc1. The maximum atomic E-state index is 2.34. The van der Waals surface area contributed by atoms with Crippen LogP contribution in [0.2, 0.25) is 0 Å². The quantitative estimate of drug-likeness (QED) is 0.0945. The van der Waals surface area contributed by atoms with Gasteiger partial charge in [-0.3, -0.25) is 0 Å². The van der Waals surface area contributed by atoms with Crippen LogP contribution < -0.4 is 9.80 Å². The van der Waals surface area contributed by atoms with Gasteiger partial charge in [-0.2, -0.15) is 0 Å². The minimum Gasteiger partial charge on any atom is -0.311 e. The second-order valence-corrected chi connectivity index (χ2v) is 19.1. The third-order valence-corrected chi connectivity index (χ3v) is 13.5. The second-order valence-electron chi connectivity index (χ2n) is 19.1. The lowest BCUT2D eigenvalue weighted by atomic mass is 10.0. The van der Waals surface area contributed by atoms with Crippen molar-refractivity contribution >= 4 is 58.4 Å². The lowest BCUT2D eigenvalue weighted by Crippen LogP contribution is -2.10. The summed E-state index contributed by atoms with van der Waals surface area (Å²) in [4.78, 5) is 4.68. The molecule has 0 bridgehead atoms. The molecule has 0 aromatic heterocycles. The fourth-order valence-electron chi connectivity index (χ4n) is 9.21. The highest BCUT2D eigenvalue weighted by Gasteiger charge is 2.16. The van der Waals surface area contributed by atoms with E-state index in [-0.39, 0.29) is 0 Å². The van der Waals surface area contributed by atoms with Gasteiger partial charge in [0.25, 0.3) is 0 Å². The van der Waals surface area contributed by atoms with E-state index in [1.54, 1.807) is 0 Å². The molecule has 2 heteroatoms. The Morgan fingerprint density at radius 1 is 0.222 bits per heavy atom. The van der Waals surface area contributed by atoms with Crippen LogP contribution >= 0.6 is 0 Å². The van der Waals surface area contributed by atoms with Gasteiger partial charge < -0.3 is 9.80 Å². The van der Waals surface area contributed by atoms with Crippen molar-refractivity contribution in [1.29, 1.82) is 0 Å². The van der Waals surface area contributed by atoms with E-state index in [0.29, 0.717) is 11.8 Å². The molecule has 0 atom stereocenters. The van der Waals surface area contributed by atoms with Gasteiger partial charge in [-0.15, -0.1) is 0 Å². The highest BCUT2D eigenvalue weighted by atomic mass is 15.1. The van der Waals surface area contributed by atoms with Crippen molar-refractivity contribution < 1.29 is 0 Å². The maximum absolute atomic E-state index is 2.34. The number of hydrogen-bond acceptors (Lipinski definition) is 2. The molecule has 0 aliphatic rings. The summed E-state index contributed by atoms with van der Waals surface area (Å²) in [7, 11) is 0. The van der Waals surface area contributed by atoms with Gasteiger partial charge in [0.1, 0.15) is 0 Å². The van der Waals surface area contributed by atoms with Gasteiger partial charge >= 0.3 is 0 Å². The van der Waals surface area contributed by atoms with Crippen LogP contribution in [-0.4, -0.2) is 0 Å². The summed E-state index contributed by atoms with van der Waals surface area (Å²) < 4.78 is 0. The van der Waals surface area contributed by atoms with E-state index < -0.39 is 0 Å². The molecule has 0 aliphatic heterocycles. The van der Waals surface area contributed by atoms with E-state index in [9.17, 15) is 0 Å². The third kappa shape index (κ3) is 11.2. The normalized spacial score (nSPS) is 11.5. The summed E-state index contributed by atoms with van der Waals surface area (Å²) in [5, 5.41) is 0. The Balaban J connectivity index is 0.923. The van der Waals surface area contributed by atoms with E-state index >= 15 is 0 Å². The van der Waals surface area contributed by atoms with Gasteiger partial charge in [0, 0.05) is 34.1 Å². The smallest absolute Gasteiger partial charge is 0.0462 e. The van der Waals surface area contributed by atoms with Crippen molar-refractivity contribution in [2.24, 2.45) is 0 Å². The highest BCUT2D eigenvalue weighted by molar-refractivity contribution is 5.83. The minimum absolute atomic E-state index is 0.520. The largest absolute Gasteiger partial charge is 0.311 e.